The molecular formula is C12H15ClO2. The van der Waals surface area contributed by atoms with Crippen molar-refractivity contribution in [3.63, 3.8) is 0 Å². The number of halogens is 1. The van der Waals surface area contributed by atoms with Crippen LogP contribution in [0.15, 0.2) is 24.3 Å². The molecule has 0 bridgehead atoms. The summed E-state index contributed by atoms with van der Waals surface area (Å²) >= 11 is 5.55. The van der Waals surface area contributed by atoms with Crippen LogP contribution in [0.5, 0.6) is 5.75 Å². The standard InChI is InChI=1S/C12H15ClO2/c1-10(14)11-5-4-6-12(9-11)15-8-3-2-7-13/h4-6,9H,2-3,7-8H2,1H3. The largest absolute Gasteiger partial charge is 0.494 e. The maximum Gasteiger partial charge on any atom is 0.159 e. The lowest BCUT2D eigenvalue weighted by Gasteiger charge is -2.06. The van der Waals surface area contributed by atoms with Crippen molar-refractivity contribution in [2.75, 3.05) is 12.5 Å². The molecule has 1 rings (SSSR count). The summed E-state index contributed by atoms with van der Waals surface area (Å²) in [5, 5.41) is 0. The summed E-state index contributed by atoms with van der Waals surface area (Å²) < 4.78 is 5.49. The number of ether oxygens (including phenoxy) is 1. The van der Waals surface area contributed by atoms with Gasteiger partial charge in [-0.15, -0.1) is 11.6 Å². The molecule has 0 aliphatic carbocycles. The van der Waals surface area contributed by atoms with Gasteiger partial charge in [0.25, 0.3) is 0 Å². The molecule has 0 aliphatic heterocycles. The summed E-state index contributed by atoms with van der Waals surface area (Å²) in [6.07, 6.45) is 1.89. The zero-order valence-electron chi connectivity index (χ0n) is 8.83. The minimum absolute atomic E-state index is 0.0567. The molecule has 0 aliphatic rings. The van der Waals surface area contributed by atoms with Gasteiger partial charge in [-0.2, -0.15) is 0 Å². The maximum atomic E-state index is 11.1. The van der Waals surface area contributed by atoms with E-state index in [1.54, 1.807) is 19.1 Å². The monoisotopic (exact) mass is 226 g/mol. The van der Waals surface area contributed by atoms with E-state index >= 15 is 0 Å². The summed E-state index contributed by atoms with van der Waals surface area (Å²) in [7, 11) is 0. The lowest BCUT2D eigenvalue weighted by molar-refractivity contribution is 0.101. The number of rotatable bonds is 6. The van der Waals surface area contributed by atoms with E-state index in [4.69, 9.17) is 16.3 Å². The van der Waals surface area contributed by atoms with Crippen LogP contribution in [0.25, 0.3) is 0 Å². The second-order valence-corrected chi connectivity index (χ2v) is 3.71. The lowest BCUT2D eigenvalue weighted by Crippen LogP contribution is -1.99. The van der Waals surface area contributed by atoms with Crippen molar-refractivity contribution < 1.29 is 9.53 Å². The van der Waals surface area contributed by atoms with E-state index in [1.807, 2.05) is 12.1 Å². The summed E-state index contributed by atoms with van der Waals surface area (Å²) in [6.45, 7) is 2.20. The molecular weight excluding hydrogens is 212 g/mol. The first-order valence-electron chi connectivity index (χ1n) is 5.04. The molecule has 1 aromatic rings. The van der Waals surface area contributed by atoms with Crippen LogP contribution in [0.4, 0.5) is 0 Å². The normalized spacial score (nSPS) is 10.0. The average molecular weight is 227 g/mol. The molecule has 0 aromatic heterocycles. The van der Waals surface area contributed by atoms with E-state index < -0.39 is 0 Å². The van der Waals surface area contributed by atoms with Crippen LogP contribution in [0.3, 0.4) is 0 Å². The Balaban J connectivity index is 2.47. The molecule has 0 heterocycles. The Morgan fingerprint density at radius 1 is 1.40 bits per heavy atom. The first-order valence-corrected chi connectivity index (χ1v) is 5.57. The van der Waals surface area contributed by atoms with Gasteiger partial charge in [0.15, 0.2) is 5.78 Å². The SMILES string of the molecule is CC(=O)c1cccc(OCCCCCl)c1. The fraction of sp³-hybridized carbons (Fsp3) is 0.417. The summed E-state index contributed by atoms with van der Waals surface area (Å²) in [4.78, 5) is 11.1. The second-order valence-electron chi connectivity index (χ2n) is 3.33. The van der Waals surface area contributed by atoms with Crippen molar-refractivity contribution in [1.29, 1.82) is 0 Å². The minimum Gasteiger partial charge on any atom is -0.494 e. The smallest absolute Gasteiger partial charge is 0.159 e. The molecule has 2 nitrogen and oxygen atoms in total. The van der Waals surface area contributed by atoms with Crippen LogP contribution < -0.4 is 4.74 Å². The van der Waals surface area contributed by atoms with Gasteiger partial charge in [0.2, 0.25) is 0 Å². The van der Waals surface area contributed by atoms with Crippen molar-refractivity contribution in [3.05, 3.63) is 29.8 Å². The van der Waals surface area contributed by atoms with Crippen LogP contribution in [-0.4, -0.2) is 18.3 Å². The molecule has 0 amide bonds. The average Bonchev–Trinajstić information content (AvgIpc) is 2.25. The Hall–Kier alpha value is -1.02. The highest BCUT2D eigenvalue weighted by Gasteiger charge is 2.00. The molecule has 0 atom stereocenters. The quantitative estimate of drug-likeness (QED) is 0.423. The van der Waals surface area contributed by atoms with E-state index in [-0.39, 0.29) is 5.78 Å². The molecule has 0 saturated heterocycles. The van der Waals surface area contributed by atoms with E-state index in [0.29, 0.717) is 18.1 Å². The van der Waals surface area contributed by atoms with Gasteiger partial charge in [-0.3, -0.25) is 4.79 Å². The molecule has 82 valence electrons. The highest BCUT2D eigenvalue weighted by atomic mass is 35.5. The van der Waals surface area contributed by atoms with Gasteiger partial charge < -0.3 is 4.74 Å². The minimum atomic E-state index is 0.0567. The van der Waals surface area contributed by atoms with E-state index in [2.05, 4.69) is 0 Å². The fourth-order valence-corrected chi connectivity index (χ4v) is 1.38. The Bertz CT molecular complexity index is 323. The molecule has 0 saturated carbocycles. The predicted molar refractivity (Wildman–Crippen MR) is 61.9 cm³/mol. The van der Waals surface area contributed by atoms with Gasteiger partial charge in [-0.25, -0.2) is 0 Å². The molecule has 1 aromatic carbocycles. The van der Waals surface area contributed by atoms with Gasteiger partial charge in [-0.1, -0.05) is 12.1 Å². The molecule has 0 N–H and O–H groups in total. The van der Waals surface area contributed by atoms with Crippen LogP contribution in [-0.2, 0) is 0 Å². The predicted octanol–water partition coefficient (Wildman–Crippen LogP) is 3.29. The van der Waals surface area contributed by atoms with Crippen molar-refractivity contribution in [2.24, 2.45) is 0 Å². The first-order chi connectivity index (χ1) is 7.24. The van der Waals surface area contributed by atoms with Gasteiger partial charge in [-0.05, 0) is 31.9 Å². The third-order valence-electron chi connectivity index (χ3n) is 2.04. The third-order valence-corrected chi connectivity index (χ3v) is 2.30. The number of carbonyl (C=O) groups excluding carboxylic acids is 1. The molecule has 0 radical (unpaired) electrons. The van der Waals surface area contributed by atoms with Gasteiger partial charge in [0.05, 0.1) is 6.61 Å². The number of benzene rings is 1. The number of hydrogen-bond donors (Lipinski definition) is 0. The molecule has 15 heavy (non-hydrogen) atoms. The van der Waals surface area contributed by atoms with Crippen LogP contribution in [0.1, 0.15) is 30.1 Å². The fourth-order valence-electron chi connectivity index (χ4n) is 1.19. The lowest BCUT2D eigenvalue weighted by atomic mass is 10.1. The molecule has 0 fully saturated rings. The molecule has 3 heteroatoms. The van der Waals surface area contributed by atoms with E-state index in [1.165, 1.54) is 0 Å². The second kappa shape index (κ2) is 6.46. The topological polar surface area (TPSA) is 26.3 Å². The summed E-state index contributed by atoms with van der Waals surface area (Å²) in [5.74, 6) is 1.47. The number of hydrogen-bond acceptors (Lipinski definition) is 2. The third kappa shape index (κ3) is 4.34. The highest BCUT2D eigenvalue weighted by molar-refractivity contribution is 6.17. The van der Waals surface area contributed by atoms with Gasteiger partial charge in [0, 0.05) is 11.4 Å². The Kier molecular flexibility index (Phi) is 5.19. The number of alkyl halides is 1. The zero-order chi connectivity index (χ0) is 11.1. The van der Waals surface area contributed by atoms with Crippen molar-refractivity contribution in [1.82, 2.24) is 0 Å². The highest BCUT2D eigenvalue weighted by Crippen LogP contribution is 2.14. The number of carbonyl (C=O) groups is 1. The number of Topliss-reactive ketones (excluding diaryl/α,β-unsaturated/α-hetero) is 1. The van der Waals surface area contributed by atoms with Crippen molar-refractivity contribution in [2.45, 2.75) is 19.8 Å². The van der Waals surface area contributed by atoms with Crippen LogP contribution in [0, 0.1) is 0 Å². The van der Waals surface area contributed by atoms with Crippen LogP contribution >= 0.6 is 11.6 Å². The number of unbranched alkanes of at least 4 members (excludes halogenated alkanes) is 1. The van der Waals surface area contributed by atoms with Crippen molar-refractivity contribution in [3.8, 4) is 5.75 Å². The maximum absolute atomic E-state index is 11.1. The van der Waals surface area contributed by atoms with Gasteiger partial charge in [0.1, 0.15) is 5.75 Å². The van der Waals surface area contributed by atoms with Gasteiger partial charge >= 0.3 is 0 Å². The molecule has 0 spiro atoms. The van der Waals surface area contributed by atoms with E-state index in [9.17, 15) is 4.79 Å². The number of ketones is 1. The van der Waals surface area contributed by atoms with Crippen molar-refractivity contribution >= 4 is 17.4 Å². The van der Waals surface area contributed by atoms with Crippen LogP contribution in [0.2, 0.25) is 0 Å². The summed E-state index contributed by atoms with van der Waals surface area (Å²) in [6, 6.07) is 7.23. The Morgan fingerprint density at radius 3 is 2.87 bits per heavy atom. The first kappa shape index (κ1) is 12.1. The zero-order valence-corrected chi connectivity index (χ0v) is 9.59. The van der Waals surface area contributed by atoms with E-state index in [0.717, 1.165) is 18.6 Å². The summed E-state index contributed by atoms with van der Waals surface area (Å²) in [5.41, 5.74) is 0.685. The molecule has 0 unspecified atom stereocenters. The Labute approximate surface area is 95.2 Å². The Morgan fingerprint density at radius 2 is 2.20 bits per heavy atom.